The van der Waals surface area contributed by atoms with Crippen molar-refractivity contribution in [3.05, 3.63) is 123 Å². The van der Waals surface area contributed by atoms with E-state index < -0.39 is 28.5 Å². The number of ether oxygens (including phenoxy) is 1. The standard InChI is InChI=1S/C35H36Cl3N3O5S/c1-24(2)21-39-35(43)33(18-25-8-5-4-6-9-25)40(22-26-12-13-28(37)20-32(26)38)34(42)23-41(29-11-7-10-27(36)19-29)47(44,45)31-16-14-30(46-3)15-17-31/h4-17,19-20,24,33H,18,21-23H2,1-3H3,(H,39,43)/t33-/m1/s1. The number of halogens is 3. The summed E-state index contributed by atoms with van der Waals surface area (Å²) in [6, 6.07) is 25.2. The van der Waals surface area contributed by atoms with Crippen molar-refractivity contribution in [1.29, 1.82) is 0 Å². The Labute approximate surface area is 291 Å². The first-order valence-electron chi connectivity index (χ1n) is 14.9. The van der Waals surface area contributed by atoms with Crippen molar-refractivity contribution in [2.45, 2.75) is 37.8 Å². The number of benzene rings is 4. The van der Waals surface area contributed by atoms with Crippen LogP contribution in [0.15, 0.2) is 102 Å². The highest BCUT2D eigenvalue weighted by atomic mass is 35.5. The minimum Gasteiger partial charge on any atom is -0.497 e. The maximum atomic E-state index is 14.6. The first kappa shape index (κ1) is 36.1. The van der Waals surface area contributed by atoms with E-state index in [1.54, 1.807) is 36.4 Å². The Bertz CT molecular complexity index is 1790. The van der Waals surface area contributed by atoms with Crippen LogP contribution in [0.25, 0.3) is 0 Å². The van der Waals surface area contributed by atoms with Crippen molar-refractivity contribution < 1.29 is 22.7 Å². The molecule has 0 aliphatic rings. The molecule has 1 atom stereocenters. The Balaban J connectivity index is 1.82. The normalized spacial score (nSPS) is 12.0. The van der Waals surface area contributed by atoms with Gasteiger partial charge in [-0.1, -0.05) is 91.1 Å². The van der Waals surface area contributed by atoms with Gasteiger partial charge in [-0.2, -0.15) is 0 Å². The van der Waals surface area contributed by atoms with E-state index in [9.17, 15) is 18.0 Å². The predicted molar refractivity (Wildman–Crippen MR) is 188 cm³/mol. The van der Waals surface area contributed by atoms with Crippen LogP contribution in [0.4, 0.5) is 5.69 Å². The number of nitrogens with one attached hydrogen (secondary N) is 1. The number of rotatable bonds is 14. The molecule has 12 heteroatoms. The summed E-state index contributed by atoms with van der Waals surface area (Å²) in [5.74, 6) is -0.391. The zero-order valence-electron chi connectivity index (χ0n) is 26.2. The largest absolute Gasteiger partial charge is 0.497 e. The third kappa shape index (κ3) is 9.64. The fraction of sp³-hybridized carbons (Fsp3) is 0.257. The second kappa shape index (κ2) is 16.4. The van der Waals surface area contributed by atoms with E-state index in [0.717, 1.165) is 9.87 Å². The molecule has 0 saturated carbocycles. The Kier molecular flexibility index (Phi) is 12.6. The minimum atomic E-state index is -4.31. The van der Waals surface area contributed by atoms with Crippen molar-refractivity contribution in [3.63, 3.8) is 0 Å². The van der Waals surface area contributed by atoms with E-state index in [0.29, 0.717) is 27.9 Å². The number of carbonyl (C=O) groups excluding carboxylic acids is 2. The predicted octanol–water partition coefficient (Wildman–Crippen LogP) is 7.26. The average Bonchev–Trinajstić information content (AvgIpc) is 3.05. The molecule has 0 saturated heterocycles. The number of sulfonamides is 1. The van der Waals surface area contributed by atoms with E-state index in [1.807, 2.05) is 44.2 Å². The molecule has 0 unspecified atom stereocenters. The molecule has 0 aromatic heterocycles. The van der Waals surface area contributed by atoms with E-state index in [1.165, 1.54) is 42.3 Å². The summed E-state index contributed by atoms with van der Waals surface area (Å²) in [4.78, 5) is 29.8. The summed E-state index contributed by atoms with van der Waals surface area (Å²) in [5, 5.41) is 3.95. The molecule has 0 aliphatic heterocycles. The van der Waals surface area contributed by atoms with Crippen molar-refractivity contribution in [2.75, 3.05) is 24.5 Å². The minimum absolute atomic E-state index is 0.0612. The summed E-state index contributed by atoms with van der Waals surface area (Å²) in [5.41, 5.74) is 1.52. The topological polar surface area (TPSA) is 96.0 Å². The van der Waals surface area contributed by atoms with Gasteiger partial charge in [0.2, 0.25) is 11.8 Å². The lowest BCUT2D eigenvalue weighted by Crippen LogP contribution is -2.53. The van der Waals surface area contributed by atoms with Gasteiger partial charge in [-0.3, -0.25) is 13.9 Å². The van der Waals surface area contributed by atoms with Gasteiger partial charge in [0.25, 0.3) is 10.0 Å². The first-order valence-corrected chi connectivity index (χ1v) is 17.4. The van der Waals surface area contributed by atoms with Gasteiger partial charge in [0.1, 0.15) is 18.3 Å². The van der Waals surface area contributed by atoms with Gasteiger partial charge in [0.15, 0.2) is 0 Å². The second-order valence-electron chi connectivity index (χ2n) is 11.3. The van der Waals surface area contributed by atoms with E-state index >= 15 is 0 Å². The summed E-state index contributed by atoms with van der Waals surface area (Å²) in [7, 11) is -2.83. The fourth-order valence-corrected chi connectivity index (χ4v) is 6.90. The van der Waals surface area contributed by atoms with Crippen molar-refractivity contribution in [1.82, 2.24) is 10.2 Å². The Morgan fingerprint density at radius 1 is 0.851 bits per heavy atom. The molecule has 1 N–H and O–H groups in total. The van der Waals surface area contributed by atoms with Gasteiger partial charge in [0, 0.05) is 34.6 Å². The lowest BCUT2D eigenvalue weighted by Gasteiger charge is -2.34. The molecule has 0 aliphatic carbocycles. The van der Waals surface area contributed by atoms with Gasteiger partial charge in [-0.25, -0.2) is 8.42 Å². The van der Waals surface area contributed by atoms with Gasteiger partial charge >= 0.3 is 0 Å². The van der Waals surface area contributed by atoms with Crippen LogP contribution in [0.1, 0.15) is 25.0 Å². The van der Waals surface area contributed by atoms with E-state index in [-0.39, 0.29) is 40.4 Å². The van der Waals surface area contributed by atoms with Gasteiger partial charge in [-0.05, 0) is 71.6 Å². The lowest BCUT2D eigenvalue weighted by atomic mass is 10.0. The third-order valence-electron chi connectivity index (χ3n) is 7.33. The quantitative estimate of drug-likeness (QED) is 0.148. The molecule has 0 spiro atoms. The molecular formula is C35H36Cl3N3O5S. The maximum absolute atomic E-state index is 14.6. The molecule has 0 heterocycles. The number of hydrogen-bond donors (Lipinski definition) is 1. The molecule has 4 aromatic carbocycles. The molecule has 0 fully saturated rings. The Hall–Kier alpha value is -3.76. The Morgan fingerprint density at radius 3 is 2.15 bits per heavy atom. The molecule has 2 amide bonds. The van der Waals surface area contributed by atoms with E-state index in [2.05, 4.69) is 5.32 Å². The van der Waals surface area contributed by atoms with Crippen molar-refractivity contribution in [3.8, 4) is 5.75 Å². The van der Waals surface area contributed by atoms with Crippen LogP contribution >= 0.6 is 34.8 Å². The van der Waals surface area contributed by atoms with Gasteiger partial charge in [-0.15, -0.1) is 0 Å². The van der Waals surface area contributed by atoms with Crippen LogP contribution in [0, 0.1) is 5.92 Å². The van der Waals surface area contributed by atoms with Crippen LogP contribution < -0.4 is 14.4 Å². The van der Waals surface area contributed by atoms with Crippen LogP contribution in [-0.2, 0) is 32.6 Å². The maximum Gasteiger partial charge on any atom is 0.264 e. The molecule has 248 valence electrons. The number of anilines is 1. The third-order valence-corrected chi connectivity index (χ3v) is 9.94. The molecule has 4 rings (SSSR count). The molecule has 4 aromatic rings. The summed E-state index contributed by atoms with van der Waals surface area (Å²) in [6.07, 6.45) is 0.171. The molecular weight excluding hydrogens is 681 g/mol. The monoisotopic (exact) mass is 715 g/mol. The molecule has 47 heavy (non-hydrogen) atoms. The van der Waals surface area contributed by atoms with Crippen LogP contribution in [-0.4, -0.2) is 51.4 Å². The first-order chi connectivity index (χ1) is 22.4. The molecule has 8 nitrogen and oxygen atoms in total. The van der Waals surface area contributed by atoms with Crippen molar-refractivity contribution in [2.24, 2.45) is 5.92 Å². The summed E-state index contributed by atoms with van der Waals surface area (Å²) in [6.45, 7) is 3.59. The number of methoxy groups -OCH3 is 1. The zero-order valence-corrected chi connectivity index (χ0v) is 29.3. The highest BCUT2D eigenvalue weighted by Gasteiger charge is 2.35. The zero-order chi connectivity index (χ0) is 34.1. The highest BCUT2D eigenvalue weighted by molar-refractivity contribution is 7.92. The van der Waals surface area contributed by atoms with Gasteiger partial charge < -0.3 is 15.0 Å². The second-order valence-corrected chi connectivity index (χ2v) is 14.4. The highest BCUT2D eigenvalue weighted by Crippen LogP contribution is 2.29. The number of hydrogen-bond acceptors (Lipinski definition) is 5. The molecule has 0 bridgehead atoms. The van der Waals surface area contributed by atoms with E-state index in [4.69, 9.17) is 39.5 Å². The van der Waals surface area contributed by atoms with Crippen LogP contribution in [0.3, 0.4) is 0 Å². The van der Waals surface area contributed by atoms with Crippen LogP contribution in [0.2, 0.25) is 15.1 Å². The van der Waals surface area contributed by atoms with Gasteiger partial charge in [0.05, 0.1) is 17.7 Å². The summed E-state index contributed by atoms with van der Waals surface area (Å²) >= 11 is 19.0. The molecule has 0 radical (unpaired) electrons. The fourth-order valence-electron chi connectivity index (χ4n) is 4.84. The average molecular weight is 717 g/mol. The number of nitrogens with zero attached hydrogens (tertiary/aromatic N) is 2. The number of carbonyl (C=O) groups is 2. The number of amides is 2. The Morgan fingerprint density at radius 2 is 1.53 bits per heavy atom. The van der Waals surface area contributed by atoms with Crippen LogP contribution in [0.5, 0.6) is 5.75 Å². The summed E-state index contributed by atoms with van der Waals surface area (Å²) < 4.78 is 34.6. The SMILES string of the molecule is COc1ccc(S(=O)(=O)N(CC(=O)N(Cc2ccc(Cl)cc2Cl)[C@H](Cc2ccccc2)C(=O)NCC(C)C)c2cccc(Cl)c2)cc1. The smallest absolute Gasteiger partial charge is 0.264 e. The van der Waals surface area contributed by atoms with Crippen molar-refractivity contribution >= 4 is 62.3 Å². The lowest BCUT2D eigenvalue weighted by molar-refractivity contribution is -0.140.